The van der Waals surface area contributed by atoms with Crippen LogP contribution in [0.15, 0.2) is 18.2 Å². The normalized spacial score (nSPS) is 24.5. The summed E-state index contributed by atoms with van der Waals surface area (Å²) in [4.78, 5) is 10.5. The molecule has 2 rings (SSSR count). The monoisotopic (exact) mass is 237 g/mol. The molecule has 92 valence electrons. The summed E-state index contributed by atoms with van der Waals surface area (Å²) >= 11 is 0. The zero-order chi connectivity index (χ0) is 12.4. The molecule has 0 spiro atoms. The number of hydrogen-bond acceptors (Lipinski definition) is 4. The van der Waals surface area contributed by atoms with Crippen molar-refractivity contribution >= 4 is 5.69 Å². The Balaban J connectivity index is 2.43. The molecular weight excluding hydrogens is 222 g/mol. The Morgan fingerprint density at radius 3 is 2.94 bits per heavy atom. The molecule has 5 heteroatoms. The maximum Gasteiger partial charge on any atom is 0.314 e. The zero-order valence-electron chi connectivity index (χ0n) is 9.63. The number of nitrogens with zero attached hydrogens (tertiary/aromatic N) is 1. The summed E-state index contributed by atoms with van der Waals surface area (Å²) in [5.41, 5.74) is 0.456. The molecule has 0 bridgehead atoms. The largest absolute Gasteiger partial charge is 0.502 e. The molecule has 1 N–H and O–H groups in total. The minimum Gasteiger partial charge on any atom is -0.502 e. The first-order chi connectivity index (χ1) is 8.11. The van der Waals surface area contributed by atoms with Gasteiger partial charge >= 0.3 is 5.69 Å². The molecule has 0 aliphatic carbocycles. The highest BCUT2D eigenvalue weighted by molar-refractivity contribution is 5.53. The summed E-state index contributed by atoms with van der Waals surface area (Å²) in [6.45, 7) is 3.23. The molecule has 2 atom stereocenters. The van der Waals surface area contributed by atoms with Gasteiger partial charge in [0.2, 0.25) is 0 Å². The number of phenolic OH excluding ortho intramolecular Hbond substituents is 1. The summed E-state index contributed by atoms with van der Waals surface area (Å²) in [5.74, 6) is 0.0479. The molecule has 1 aliphatic rings. The van der Waals surface area contributed by atoms with E-state index < -0.39 is 4.92 Å². The van der Waals surface area contributed by atoms with Gasteiger partial charge in [0, 0.05) is 18.8 Å². The second kappa shape index (κ2) is 4.71. The minimum absolute atomic E-state index is 0.0799. The lowest BCUT2D eigenvalue weighted by atomic mass is 9.83. The molecule has 1 aliphatic heterocycles. The van der Waals surface area contributed by atoms with Crippen LogP contribution < -0.4 is 0 Å². The number of phenols is 1. The van der Waals surface area contributed by atoms with Gasteiger partial charge in [0.15, 0.2) is 5.75 Å². The first kappa shape index (κ1) is 11.9. The van der Waals surface area contributed by atoms with Crippen molar-refractivity contribution in [3.05, 3.63) is 33.9 Å². The third-order valence-electron chi connectivity index (χ3n) is 3.27. The first-order valence-electron chi connectivity index (χ1n) is 5.65. The van der Waals surface area contributed by atoms with Crippen LogP contribution in [-0.4, -0.2) is 23.2 Å². The lowest BCUT2D eigenvalue weighted by Gasteiger charge is -2.28. The van der Waals surface area contributed by atoms with Crippen LogP contribution in [0.5, 0.6) is 5.75 Å². The number of hydrogen-bond donors (Lipinski definition) is 1. The van der Waals surface area contributed by atoms with E-state index in [1.54, 1.807) is 12.1 Å². The van der Waals surface area contributed by atoms with Crippen LogP contribution in [0.1, 0.15) is 24.8 Å². The summed E-state index contributed by atoms with van der Waals surface area (Å²) in [7, 11) is 0. The van der Waals surface area contributed by atoms with Gasteiger partial charge in [-0.1, -0.05) is 19.1 Å². The topological polar surface area (TPSA) is 72.6 Å². The Kier molecular flexibility index (Phi) is 3.28. The Morgan fingerprint density at radius 2 is 2.29 bits per heavy atom. The Labute approximate surface area is 99.2 Å². The van der Waals surface area contributed by atoms with Gasteiger partial charge in [0.1, 0.15) is 0 Å². The number of para-hydroxylation sites is 1. The Bertz CT molecular complexity index is 433. The maximum absolute atomic E-state index is 11.0. The average molecular weight is 237 g/mol. The molecule has 1 fully saturated rings. The van der Waals surface area contributed by atoms with Crippen molar-refractivity contribution < 1.29 is 14.8 Å². The highest BCUT2D eigenvalue weighted by atomic mass is 16.6. The lowest BCUT2D eigenvalue weighted by molar-refractivity contribution is -0.386. The van der Waals surface area contributed by atoms with Gasteiger partial charge in [-0.25, -0.2) is 0 Å². The minimum atomic E-state index is -0.507. The van der Waals surface area contributed by atoms with Gasteiger partial charge < -0.3 is 9.84 Å². The molecule has 0 amide bonds. The molecule has 17 heavy (non-hydrogen) atoms. The second-order valence-electron chi connectivity index (χ2n) is 4.42. The van der Waals surface area contributed by atoms with Gasteiger partial charge in [0.25, 0.3) is 0 Å². The highest BCUT2D eigenvalue weighted by Crippen LogP contribution is 2.40. The van der Waals surface area contributed by atoms with Gasteiger partial charge in [-0.3, -0.25) is 10.1 Å². The molecule has 0 aromatic heterocycles. The number of nitro benzene ring substituents is 1. The summed E-state index contributed by atoms with van der Waals surface area (Å²) in [6.07, 6.45) is 0.755. The van der Waals surface area contributed by atoms with Crippen molar-refractivity contribution in [1.82, 2.24) is 0 Å². The van der Waals surface area contributed by atoms with Gasteiger partial charge in [-0.15, -0.1) is 0 Å². The van der Waals surface area contributed by atoms with Crippen molar-refractivity contribution in [3.63, 3.8) is 0 Å². The molecular formula is C12H15NO4. The predicted octanol–water partition coefficient (Wildman–Crippen LogP) is 2.44. The van der Waals surface area contributed by atoms with Crippen LogP contribution in [0.25, 0.3) is 0 Å². The van der Waals surface area contributed by atoms with Crippen LogP contribution >= 0.6 is 0 Å². The van der Waals surface area contributed by atoms with E-state index in [9.17, 15) is 15.2 Å². The van der Waals surface area contributed by atoms with E-state index >= 15 is 0 Å². The van der Waals surface area contributed by atoms with E-state index in [2.05, 4.69) is 0 Å². The standard InChI is InChI=1S/C12H15NO4/c1-8-7-17-6-5-9(8)10-3-2-4-11(14)12(10)13(15)16/h2-4,8-9,14H,5-7H2,1H3. The quantitative estimate of drug-likeness (QED) is 0.633. The summed E-state index contributed by atoms with van der Waals surface area (Å²) in [5, 5.41) is 20.6. The van der Waals surface area contributed by atoms with Crippen molar-refractivity contribution in [2.75, 3.05) is 13.2 Å². The predicted molar refractivity (Wildman–Crippen MR) is 62.1 cm³/mol. The number of rotatable bonds is 2. The summed E-state index contributed by atoms with van der Waals surface area (Å²) in [6, 6.07) is 4.73. The fourth-order valence-corrected chi connectivity index (χ4v) is 2.39. The number of ether oxygens (including phenoxy) is 1. The molecule has 1 aromatic carbocycles. The molecule has 1 saturated heterocycles. The first-order valence-corrected chi connectivity index (χ1v) is 5.65. The number of nitro groups is 1. The van der Waals surface area contributed by atoms with Crippen molar-refractivity contribution in [2.45, 2.75) is 19.3 Å². The van der Waals surface area contributed by atoms with Crippen molar-refractivity contribution in [1.29, 1.82) is 0 Å². The van der Waals surface area contributed by atoms with Crippen LogP contribution in [0.3, 0.4) is 0 Å². The lowest BCUT2D eigenvalue weighted by Crippen LogP contribution is -2.24. The van der Waals surface area contributed by atoms with Crippen LogP contribution in [0.2, 0.25) is 0 Å². The van der Waals surface area contributed by atoms with E-state index in [0.717, 1.165) is 6.42 Å². The van der Waals surface area contributed by atoms with E-state index in [4.69, 9.17) is 4.74 Å². The SMILES string of the molecule is CC1COCCC1c1cccc(O)c1[N+](=O)[O-]. The maximum atomic E-state index is 11.0. The molecule has 1 heterocycles. The van der Waals surface area contributed by atoms with Gasteiger partial charge in [-0.2, -0.15) is 0 Å². The third-order valence-corrected chi connectivity index (χ3v) is 3.27. The fourth-order valence-electron chi connectivity index (χ4n) is 2.39. The smallest absolute Gasteiger partial charge is 0.314 e. The van der Waals surface area contributed by atoms with E-state index in [1.165, 1.54) is 6.07 Å². The second-order valence-corrected chi connectivity index (χ2v) is 4.42. The van der Waals surface area contributed by atoms with E-state index in [0.29, 0.717) is 18.8 Å². The van der Waals surface area contributed by atoms with E-state index in [1.807, 2.05) is 6.92 Å². The molecule has 0 radical (unpaired) electrons. The molecule has 0 saturated carbocycles. The highest BCUT2D eigenvalue weighted by Gasteiger charge is 2.31. The summed E-state index contributed by atoms with van der Waals surface area (Å²) < 4.78 is 5.33. The third kappa shape index (κ3) is 2.24. The zero-order valence-corrected chi connectivity index (χ0v) is 9.63. The van der Waals surface area contributed by atoms with Crippen LogP contribution in [0, 0.1) is 16.0 Å². The molecule has 2 unspecified atom stereocenters. The number of aromatic hydroxyl groups is 1. The molecule has 1 aromatic rings. The number of benzene rings is 1. The Morgan fingerprint density at radius 1 is 1.53 bits per heavy atom. The molecule has 5 nitrogen and oxygen atoms in total. The fraction of sp³-hybridized carbons (Fsp3) is 0.500. The average Bonchev–Trinajstić information content (AvgIpc) is 2.28. The van der Waals surface area contributed by atoms with Gasteiger partial charge in [-0.05, 0) is 24.3 Å². The van der Waals surface area contributed by atoms with Crippen LogP contribution in [-0.2, 0) is 4.74 Å². The van der Waals surface area contributed by atoms with E-state index in [-0.39, 0.29) is 23.3 Å². The van der Waals surface area contributed by atoms with Gasteiger partial charge in [0.05, 0.1) is 4.92 Å². The van der Waals surface area contributed by atoms with Crippen LogP contribution in [0.4, 0.5) is 5.69 Å². The Hall–Kier alpha value is -1.62. The van der Waals surface area contributed by atoms with Crippen molar-refractivity contribution in [3.8, 4) is 5.75 Å². The van der Waals surface area contributed by atoms with Crippen molar-refractivity contribution in [2.24, 2.45) is 5.92 Å².